The van der Waals surface area contributed by atoms with Crippen LogP contribution in [0.1, 0.15) is 12.5 Å². The third-order valence-electron chi connectivity index (χ3n) is 2.98. The molecule has 1 saturated heterocycles. The van der Waals surface area contributed by atoms with Crippen molar-refractivity contribution >= 4 is 10.0 Å². The zero-order valence-corrected chi connectivity index (χ0v) is 10.3. The Kier molecular flexibility index (Phi) is 2.44. The highest BCUT2D eigenvalue weighted by Gasteiger charge is 2.53. The van der Waals surface area contributed by atoms with Crippen molar-refractivity contribution in [2.24, 2.45) is 0 Å². The molecule has 86 valence electrons. The first-order valence-electron chi connectivity index (χ1n) is 5.13. The lowest BCUT2D eigenvalue weighted by atomic mass is 10.2. The molecule has 1 heterocycles. The Morgan fingerprint density at radius 1 is 1.38 bits per heavy atom. The quantitative estimate of drug-likeness (QED) is 0.595. The van der Waals surface area contributed by atoms with E-state index in [4.69, 9.17) is 0 Å². The Labute approximate surface area is 96.4 Å². The SMILES string of the molecule is C=CC1(C)CN1S(=O)(=O)c1ccc(C)cc1. The van der Waals surface area contributed by atoms with E-state index >= 15 is 0 Å². The van der Waals surface area contributed by atoms with Crippen molar-refractivity contribution in [2.45, 2.75) is 24.3 Å². The highest BCUT2D eigenvalue weighted by molar-refractivity contribution is 7.89. The van der Waals surface area contributed by atoms with Gasteiger partial charge in [0.15, 0.2) is 0 Å². The van der Waals surface area contributed by atoms with E-state index in [0.29, 0.717) is 11.4 Å². The van der Waals surface area contributed by atoms with Crippen LogP contribution in [0.25, 0.3) is 0 Å². The van der Waals surface area contributed by atoms with Gasteiger partial charge in [-0.2, -0.15) is 4.31 Å². The Morgan fingerprint density at radius 2 is 1.94 bits per heavy atom. The van der Waals surface area contributed by atoms with Gasteiger partial charge in [-0.15, -0.1) is 6.58 Å². The van der Waals surface area contributed by atoms with Crippen molar-refractivity contribution < 1.29 is 8.42 Å². The van der Waals surface area contributed by atoms with Gasteiger partial charge in [0.2, 0.25) is 10.0 Å². The first kappa shape index (κ1) is 11.4. The molecule has 0 radical (unpaired) electrons. The van der Waals surface area contributed by atoms with E-state index in [0.717, 1.165) is 5.56 Å². The van der Waals surface area contributed by atoms with Gasteiger partial charge in [0.05, 0.1) is 10.4 Å². The fourth-order valence-electron chi connectivity index (χ4n) is 1.62. The Balaban J connectivity index is 2.35. The number of nitrogens with zero attached hydrogens (tertiary/aromatic N) is 1. The predicted octanol–water partition coefficient (Wildman–Crippen LogP) is 1.94. The zero-order chi connectivity index (χ0) is 12.0. The van der Waals surface area contributed by atoms with Crippen LogP contribution in [0.3, 0.4) is 0 Å². The minimum absolute atomic E-state index is 0.351. The Morgan fingerprint density at radius 3 is 2.38 bits per heavy atom. The molecule has 0 amide bonds. The van der Waals surface area contributed by atoms with Crippen LogP contribution in [-0.4, -0.2) is 24.8 Å². The highest BCUT2D eigenvalue weighted by Crippen LogP contribution is 2.38. The van der Waals surface area contributed by atoms with Gasteiger partial charge in [0.25, 0.3) is 0 Å². The maximum atomic E-state index is 12.2. The molecule has 1 aromatic carbocycles. The lowest BCUT2D eigenvalue weighted by molar-refractivity contribution is 0.542. The molecule has 3 nitrogen and oxygen atoms in total. The van der Waals surface area contributed by atoms with E-state index < -0.39 is 15.6 Å². The van der Waals surface area contributed by atoms with Crippen molar-refractivity contribution in [3.8, 4) is 0 Å². The molecule has 0 aliphatic carbocycles. The number of aryl methyl sites for hydroxylation is 1. The average Bonchev–Trinajstić information content (AvgIpc) is 2.93. The first-order chi connectivity index (χ1) is 7.40. The van der Waals surface area contributed by atoms with Crippen molar-refractivity contribution in [3.05, 3.63) is 42.5 Å². The van der Waals surface area contributed by atoms with Gasteiger partial charge in [-0.25, -0.2) is 8.42 Å². The summed E-state index contributed by atoms with van der Waals surface area (Å²) in [5.74, 6) is 0. The zero-order valence-electron chi connectivity index (χ0n) is 9.47. The van der Waals surface area contributed by atoms with E-state index in [1.54, 1.807) is 18.2 Å². The largest absolute Gasteiger partial charge is 0.243 e. The topological polar surface area (TPSA) is 37.1 Å². The molecule has 0 saturated carbocycles. The molecule has 0 N–H and O–H groups in total. The number of rotatable bonds is 3. The molecule has 1 aromatic rings. The smallest absolute Gasteiger partial charge is 0.207 e. The summed E-state index contributed by atoms with van der Waals surface area (Å²) in [6.45, 7) is 7.98. The second kappa shape index (κ2) is 3.43. The van der Waals surface area contributed by atoms with E-state index in [-0.39, 0.29) is 0 Å². The summed E-state index contributed by atoms with van der Waals surface area (Å²) >= 11 is 0. The minimum atomic E-state index is -3.34. The molecule has 0 bridgehead atoms. The molecule has 1 aliphatic heterocycles. The van der Waals surface area contributed by atoms with Crippen LogP contribution in [0.5, 0.6) is 0 Å². The summed E-state index contributed by atoms with van der Waals surface area (Å²) in [4.78, 5) is 0.351. The van der Waals surface area contributed by atoms with E-state index in [1.165, 1.54) is 4.31 Å². The number of hydrogen-bond donors (Lipinski definition) is 0. The summed E-state index contributed by atoms with van der Waals surface area (Å²) in [5, 5.41) is 0. The molecule has 2 unspecified atom stereocenters. The van der Waals surface area contributed by atoms with Crippen molar-refractivity contribution in [1.29, 1.82) is 0 Å². The number of hydrogen-bond acceptors (Lipinski definition) is 2. The van der Waals surface area contributed by atoms with Crippen LogP contribution in [0.4, 0.5) is 0 Å². The summed E-state index contributed by atoms with van der Waals surface area (Å²) in [6, 6.07) is 6.91. The van der Waals surface area contributed by atoms with Gasteiger partial charge in [-0.05, 0) is 26.0 Å². The van der Waals surface area contributed by atoms with Gasteiger partial charge in [0.1, 0.15) is 0 Å². The van der Waals surface area contributed by atoms with E-state index in [2.05, 4.69) is 6.58 Å². The van der Waals surface area contributed by atoms with Gasteiger partial charge >= 0.3 is 0 Å². The molecule has 0 spiro atoms. The molecular formula is C12H15NO2S. The van der Waals surface area contributed by atoms with Crippen LogP contribution in [0, 0.1) is 6.92 Å². The van der Waals surface area contributed by atoms with Crippen LogP contribution >= 0.6 is 0 Å². The lowest BCUT2D eigenvalue weighted by Gasteiger charge is -2.09. The van der Waals surface area contributed by atoms with Gasteiger partial charge in [0, 0.05) is 6.54 Å². The molecule has 4 heteroatoms. The Hall–Kier alpha value is -1.13. The Bertz CT molecular complexity index is 518. The highest BCUT2D eigenvalue weighted by atomic mass is 32.2. The van der Waals surface area contributed by atoms with Gasteiger partial charge < -0.3 is 0 Å². The minimum Gasteiger partial charge on any atom is -0.207 e. The van der Waals surface area contributed by atoms with Crippen LogP contribution in [-0.2, 0) is 10.0 Å². The second-order valence-electron chi connectivity index (χ2n) is 4.39. The molecule has 1 fully saturated rings. The summed E-state index contributed by atoms with van der Waals surface area (Å²) in [6.07, 6.45) is 1.68. The van der Waals surface area contributed by atoms with E-state index in [1.807, 2.05) is 26.0 Å². The molecule has 2 rings (SSSR count). The standard InChI is InChI=1S/C12H15NO2S/c1-4-12(3)9-13(12)16(14,15)11-7-5-10(2)6-8-11/h4-8H,1,9H2,2-3H3. The normalized spacial score (nSPS) is 28.8. The van der Waals surface area contributed by atoms with Crippen LogP contribution in [0.15, 0.2) is 41.8 Å². The van der Waals surface area contributed by atoms with Crippen molar-refractivity contribution in [1.82, 2.24) is 4.31 Å². The summed E-state index contributed by atoms with van der Waals surface area (Å²) in [7, 11) is -3.34. The van der Waals surface area contributed by atoms with Crippen LogP contribution in [0.2, 0.25) is 0 Å². The predicted molar refractivity (Wildman–Crippen MR) is 63.7 cm³/mol. The molecule has 1 aliphatic rings. The molecular weight excluding hydrogens is 222 g/mol. The van der Waals surface area contributed by atoms with Crippen molar-refractivity contribution in [2.75, 3.05) is 6.54 Å². The summed E-state index contributed by atoms with van der Waals surface area (Å²) < 4.78 is 25.8. The number of sulfonamides is 1. The molecule has 16 heavy (non-hydrogen) atoms. The maximum Gasteiger partial charge on any atom is 0.243 e. The average molecular weight is 237 g/mol. The fourth-order valence-corrected chi connectivity index (χ4v) is 3.41. The van der Waals surface area contributed by atoms with Crippen LogP contribution < -0.4 is 0 Å². The maximum absolute atomic E-state index is 12.2. The fraction of sp³-hybridized carbons (Fsp3) is 0.333. The monoisotopic (exact) mass is 237 g/mol. The number of benzene rings is 1. The third kappa shape index (κ3) is 1.68. The van der Waals surface area contributed by atoms with Gasteiger partial charge in [-0.1, -0.05) is 23.8 Å². The third-order valence-corrected chi connectivity index (χ3v) is 4.97. The lowest BCUT2D eigenvalue weighted by Crippen LogP contribution is -2.19. The van der Waals surface area contributed by atoms with Crippen molar-refractivity contribution in [3.63, 3.8) is 0 Å². The van der Waals surface area contributed by atoms with E-state index in [9.17, 15) is 8.42 Å². The molecule has 0 aromatic heterocycles. The second-order valence-corrected chi connectivity index (χ2v) is 6.25. The summed E-state index contributed by atoms with van der Waals surface area (Å²) in [5.41, 5.74) is 0.653. The van der Waals surface area contributed by atoms with Gasteiger partial charge in [-0.3, -0.25) is 0 Å². The molecule has 2 atom stereocenters. The first-order valence-corrected chi connectivity index (χ1v) is 6.57.